The molecule has 1 aliphatic carbocycles. The molecule has 1 saturated heterocycles. The number of likely N-dealkylation sites (tertiary alicyclic amines) is 1. The molecule has 2 aliphatic rings. The van der Waals surface area contributed by atoms with Crippen molar-refractivity contribution in [1.29, 1.82) is 0 Å². The van der Waals surface area contributed by atoms with Gasteiger partial charge in [0.1, 0.15) is 6.04 Å². The SMILES string of the molecule is NC(=O)[C@H](CO)N1CC2(CCC(OCc3ccccc3)CC2)C1=O.S.[B]=S. The Morgan fingerprint density at radius 1 is 1.33 bits per heavy atom. The molecule has 147 valence electrons. The molecule has 6 nitrogen and oxygen atoms in total. The van der Waals surface area contributed by atoms with E-state index in [-0.39, 0.29) is 30.9 Å². The molecule has 3 rings (SSSR count). The van der Waals surface area contributed by atoms with Crippen molar-refractivity contribution < 1.29 is 19.4 Å². The zero-order valence-electron chi connectivity index (χ0n) is 15.2. The standard InChI is InChI=1S/C18H24N2O4.BS.H2S/c19-16(22)15(10-21)20-12-18(17(20)23)8-6-14(7-9-18)24-11-13-4-2-1-3-5-13;1-2;/h1-5,14-15,21H,6-12H2,(H2,19,22);;1H2/t14?,15-,18?;;/m0../s1. The van der Waals surface area contributed by atoms with Crippen LogP contribution < -0.4 is 5.73 Å². The number of nitrogens with two attached hydrogens (primary N) is 1. The van der Waals surface area contributed by atoms with E-state index < -0.39 is 18.6 Å². The van der Waals surface area contributed by atoms with Crippen LogP contribution in [0.1, 0.15) is 31.2 Å². The van der Waals surface area contributed by atoms with Gasteiger partial charge in [-0.2, -0.15) is 13.5 Å². The number of carbonyl (C=O) groups is 2. The van der Waals surface area contributed by atoms with Gasteiger partial charge in [-0.25, -0.2) is 0 Å². The van der Waals surface area contributed by atoms with Crippen molar-refractivity contribution in [2.24, 2.45) is 11.1 Å². The Morgan fingerprint density at radius 2 is 1.93 bits per heavy atom. The summed E-state index contributed by atoms with van der Waals surface area (Å²) >= 11 is 3.58. The third-order valence-corrected chi connectivity index (χ3v) is 5.28. The van der Waals surface area contributed by atoms with Gasteiger partial charge < -0.3 is 20.5 Å². The molecule has 3 N–H and O–H groups in total. The topological polar surface area (TPSA) is 92.9 Å². The molecule has 0 bridgehead atoms. The summed E-state index contributed by atoms with van der Waals surface area (Å²) in [7, 11) is 0. The van der Waals surface area contributed by atoms with Gasteiger partial charge in [0.2, 0.25) is 11.8 Å². The molecule has 1 aromatic carbocycles. The van der Waals surface area contributed by atoms with E-state index >= 15 is 0 Å². The van der Waals surface area contributed by atoms with Crippen molar-refractivity contribution in [1.82, 2.24) is 4.90 Å². The summed E-state index contributed by atoms with van der Waals surface area (Å²) in [5.41, 5.74) is 6.01. The molecule has 0 aromatic heterocycles. The second-order valence-corrected chi connectivity index (χ2v) is 6.81. The normalized spacial score (nSPS) is 24.8. The molecule has 1 spiro atoms. The minimum atomic E-state index is -0.893. The summed E-state index contributed by atoms with van der Waals surface area (Å²) in [4.78, 5) is 25.2. The Morgan fingerprint density at radius 3 is 2.41 bits per heavy atom. The number of nitrogens with zero attached hydrogens (tertiary/aromatic N) is 1. The van der Waals surface area contributed by atoms with E-state index in [1.54, 1.807) is 0 Å². The van der Waals surface area contributed by atoms with E-state index in [2.05, 4.69) is 18.8 Å². The first kappa shape index (κ1) is 23.8. The van der Waals surface area contributed by atoms with Gasteiger partial charge in [0.25, 0.3) is 0 Å². The number of amides is 2. The summed E-state index contributed by atoms with van der Waals surface area (Å²) in [6, 6.07) is 9.15. The second-order valence-electron chi connectivity index (χ2n) is 6.81. The number of ether oxygens (including phenoxy) is 1. The molecule has 1 aliphatic heterocycles. The molecule has 27 heavy (non-hydrogen) atoms. The Hall–Kier alpha value is -1.29. The monoisotopic (exact) mass is 409 g/mol. The first-order chi connectivity index (χ1) is 12.6. The van der Waals surface area contributed by atoms with Crippen molar-refractivity contribution >= 4 is 44.1 Å². The fourth-order valence-electron chi connectivity index (χ4n) is 3.74. The summed E-state index contributed by atoms with van der Waals surface area (Å²) in [5.74, 6) is -0.706. The molecule has 1 atom stereocenters. The number of carbonyl (C=O) groups excluding carboxylic acids is 2. The maximum atomic E-state index is 12.5. The van der Waals surface area contributed by atoms with Gasteiger partial charge in [-0.1, -0.05) is 30.3 Å². The molecule has 1 aromatic rings. The molecule has 1 saturated carbocycles. The molecular formula is C18H26BN2O4S2. The summed E-state index contributed by atoms with van der Waals surface area (Å²) in [6.07, 6.45) is 3.37. The van der Waals surface area contributed by atoms with Crippen LogP contribution in [0.2, 0.25) is 0 Å². The van der Waals surface area contributed by atoms with Gasteiger partial charge in [0, 0.05) is 6.54 Å². The van der Waals surface area contributed by atoms with E-state index in [4.69, 9.17) is 10.5 Å². The Bertz CT molecular complexity index is 627. The van der Waals surface area contributed by atoms with Crippen LogP contribution >= 0.6 is 25.6 Å². The average Bonchev–Trinajstić information content (AvgIpc) is 2.69. The third-order valence-electron chi connectivity index (χ3n) is 5.28. The summed E-state index contributed by atoms with van der Waals surface area (Å²) in [5, 5.41) is 9.24. The molecule has 9 heteroatoms. The number of aliphatic hydroxyl groups is 1. The van der Waals surface area contributed by atoms with Crippen LogP contribution in [0.3, 0.4) is 0 Å². The third kappa shape index (κ3) is 5.37. The van der Waals surface area contributed by atoms with Gasteiger partial charge in [-0.05, 0) is 31.2 Å². The number of hydrogen-bond acceptors (Lipinski definition) is 5. The van der Waals surface area contributed by atoms with E-state index in [0.717, 1.165) is 31.2 Å². The molecule has 1 radical (unpaired) electrons. The van der Waals surface area contributed by atoms with Crippen molar-refractivity contribution in [3.63, 3.8) is 0 Å². The van der Waals surface area contributed by atoms with E-state index in [1.807, 2.05) is 30.3 Å². The Balaban J connectivity index is 0.00000118. The predicted molar refractivity (Wildman–Crippen MR) is 111 cm³/mol. The van der Waals surface area contributed by atoms with Crippen molar-refractivity contribution in [3.05, 3.63) is 35.9 Å². The number of primary amides is 1. The molecule has 1 heterocycles. The Kier molecular flexibility index (Phi) is 9.59. The van der Waals surface area contributed by atoms with Crippen LogP contribution in [0.5, 0.6) is 0 Å². The van der Waals surface area contributed by atoms with Crippen LogP contribution in [-0.4, -0.2) is 53.8 Å². The van der Waals surface area contributed by atoms with Gasteiger partial charge >= 0.3 is 18.8 Å². The van der Waals surface area contributed by atoms with E-state index in [1.165, 1.54) is 4.90 Å². The van der Waals surface area contributed by atoms with Crippen LogP contribution in [0.25, 0.3) is 0 Å². The van der Waals surface area contributed by atoms with Crippen LogP contribution in [0.4, 0.5) is 0 Å². The van der Waals surface area contributed by atoms with Crippen molar-refractivity contribution in [3.8, 4) is 0 Å². The first-order valence-corrected chi connectivity index (χ1v) is 9.13. The molecule has 2 amide bonds. The maximum absolute atomic E-state index is 12.5. The fourth-order valence-corrected chi connectivity index (χ4v) is 3.74. The number of benzene rings is 1. The minimum absolute atomic E-state index is 0. The fraction of sp³-hybridized carbons (Fsp3) is 0.556. The van der Waals surface area contributed by atoms with E-state index in [0.29, 0.717) is 13.2 Å². The number of hydrogen-bond donors (Lipinski definition) is 2. The summed E-state index contributed by atoms with van der Waals surface area (Å²) < 4.78 is 5.96. The Labute approximate surface area is 173 Å². The first-order valence-electron chi connectivity index (χ1n) is 8.66. The quantitative estimate of drug-likeness (QED) is 0.544. The average molecular weight is 409 g/mol. The number of β-lactam (4-membered cyclic amide) rings is 1. The van der Waals surface area contributed by atoms with Gasteiger partial charge in [0.15, 0.2) is 0 Å². The zero-order chi connectivity index (χ0) is 19.2. The molecular weight excluding hydrogens is 383 g/mol. The summed E-state index contributed by atoms with van der Waals surface area (Å²) in [6.45, 7) is 4.76. The van der Waals surface area contributed by atoms with Gasteiger partial charge in [0.05, 0.1) is 24.7 Å². The van der Waals surface area contributed by atoms with Gasteiger partial charge in [-0.15, -0.1) is 0 Å². The number of rotatable bonds is 6. The number of aliphatic hydroxyl groups excluding tert-OH is 1. The second kappa shape index (κ2) is 10.9. The van der Waals surface area contributed by atoms with Gasteiger partial charge in [-0.3, -0.25) is 9.59 Å². The van der Waals surface area contributed by atoms with Crippen LogP contribution in [-0.2, 0) is 20.9 Å². The van der Waals surface area contributed by atoms with Crippen LogP contribution in [0, 0.1) is 5.41 Å². The molecule has 2 fully saturated rings. The van der Waals surface area contributed by atoms with Crippen molar-refractivity contribution in [2.45, 2.75) is 44.4 Å². The zero-order valence-corrected chi connectivity index (χ0v) is 17.0. The molecule has 0 unspecified atom stereocenters. The predicted octanol–water partition coefficient (Wildman–Crippen LogP) is 1.20. The van der Waals surface area contributed by atoms with E-state index in [9.17, 15) is 14.7 Å². The van der Waals surface area contributed by atoms with Crippen molar-refractivity contribution in [2.75, 3.05) is 13.2 Å². The van der Waals surface area contributed by atoms with Crippen LogP contribution in [0.15, 0.2) is 30.3 Å².